The lowest BCUT2D eigenvalue weighted by Crippen LogP contribution is -2.33. The van der Waals surface area contributed by atoms with Gasteiger partial charge in [-0.25, -0.2) is 0 Å². The first-order valence-electron chi connectivity index (χ1n) is 10.5. The lowest BCUT2D eigenvalue weighted by molar-refractivity contribution is -0.113. The molecule has 1 atom stereocenters. The molecule has 1 heterocycles. The minimum atomic E-state index is -0.364. The van der Waals surface area contributed by atoms with Gasteiger partial charge < -0.3 is 15.2 Å². The van der Waals surface area contributed by atoms with Crippen molar-refractivity contribution in [1.82, 2.24) is 20.1 Å². The first-order chi connectivity index (χ1) is 15.9. The number of hydrogen-bond donors (Lipinski definition) is 2. The fourth-order valence-electron chi connectivity index (χ4n) is 3.16. The van der Waals surface area contributed by atoms with Gasteiger partial charge in [0.05, 0.1) is 22.5 Å². The highest BCUT2D eigenvalue weighted by Crippen LogP contribution is 2.26. The molecule has 0 radical (unpaired) electrons. The van der Waals surface area contributed by atoms with Gasteiger partial charge in [0.25, 0.3) is 5.91 Å². The molecule has 3 rings (SSSR count). The van der Waals surface area contributed by atoms with E-state index in [1.54, 1.807) is 42.5 Å². The van der Waals surface area contributed by atoms with Crippen molar-refractivity contribution in [2.24, 2.45) is 5.92 Å². The van der Waals surface area contributed by atoms with Gasteiger partial charge in [-0.3, -0.25) is 9.59 Å². The first kappa shape index (κ1) is 24.5. The van der Waals surface area contributed by atoms with Crippen LogP contribution in [0.15, 0.2) is 72.4 Å². The first-order valence-corrected chi connectivity index (χ1v) is 11.8. The van der Waals surface area contributed by atoms with Crippen molar-refractivity contribution in [2.75, 3.05) is 11.1 Å². The largest absolute Gasteiger partial charge is 0.342 e. The summed E-state index contributed by atoms with van der Waals surface area (Å²) in [6, 6.07) is 15.7. The molecule has 2 aromatic carbocycles. The predicted octanol–water partition coefficient (Wildman–Crippen LogP) is 4.98. The Hall–Kier alpha value is -3.10. The van der Waals surface area contributed by atoms with E-state index in [0.29, 0.717) is 33.8 Å². The van der Waals surface area contributed by atoms with Crippen molar-refractivity contribution in [3.05, 3.63) is 83.7 Å². The van der Waals surface area contributed by atoms with Crippen molar-refractivity contribution >= 4 is 40.9 Å². The number of amides is 2. The third-order valence-electron chi connectivity index (χ3n) is 4.80. The number of benzene rings is 2. The Kier molecular flexibility index (Phi) is 8.68. The molecule has 3 aromatic rings. The van der Waals surface area contributed by atoms with Crippen LogP contribution < -0.4 is 10.6 Å². The zero-order chi connectivity index (χ0) is 23.8. The van der Waals surface area contributed by atoms with Crippen molar-refractivity contribution in [1.29, 1.82) is 0 Å². The molecule has 172 valence electrons. The molecule has 1 aromatic heterocycles. The van der Waals surface area contributed by atoms with E-state index >= 15 is 0 Å². The maximum Gasteiger partial charge on any atom is 0.251 e. The van der Waals surface area contributed by atoms with Crippen molar-refractivity contribution in [3.63, 3.8) is 0 Å². The molecule has 33 heavy (non-hydrogen) atoms. The van der Waals surface area contributed by atoms with E-state index in [-0.39, 0.29) is 29.5 Å². The maximum absolute atomic E-state index is 12.8. The van der Waals surface area contributed by atoms with Gasteiger partial charge in [-0.05, 0) is 30.2 Å². The number of nitrogens with one attached hydrogen (secondary N) is 2. The van der Waals surface area contributed by atoms with Crippen molar-refractivity contribution in [2.45, 2.75) is 31.6 Å². The van der Waals surface area contributed by atoms with Crippen LogP contribution in [0.3, 0.4) is 0 Å². The van der Waals surface area contributed by atoms with E-state index in [1.165, 1.54) is 11.8 Å². The van der Waals surface area contributed by atoms with Gasteiger partial charge in [0.1, 0.15) is 0 Å². The second kappa shape index (κ2) is 11.7. The second-order valence-corrected chi connectivity index (χ2v) is 8.97. The van der Waals surface area contributed by atoms with Gasteiger partial charge in [0.15, 0.2) is 11.0 Å². The Bertz CT molecular complexity index is 1120. The topological polar surface area (TPSA) is 88.9 Å². The van der Waals surface area contributed by atoms with E-state index in [9.17, 15) is 9.59 Å². The molecule has 0 spiro atoms. The Morgan fingerprint density at radius 3 is 2.48 bits per heavy atom. The number of thioether (sulfide) groups is 1. The standard InChI is InChI=1S/C24H26ClN5O2S/c1-4-14-30-22(21(16(2)3)27-23(32)17-10-6-5-7-11-17)28-29-24(30)33-15-20(31)26-19-13-9-8-12-18(19)25/h4-13,16,21H,1,14-15H2,2-3H3,(H,26,31)(H,27,32)/t21-/m1/s1. The minimum Gasteiger partial charge on any atom is -0.342 e. The zero-order valence-corrected chi connectivity index (χ0v) is 20.1. The zero-order valence-electron chi connectivity index (χ0n) is 18.5. The third kappa shape index (κ3) is 6.46. The summed E-state index contributed by atoms with van der Waals surface area (Å²) in [6.45, 7) is 8.28. The number of rotatable bonds is 10. The lowest BCUT2D eigenvalue weighted by atomic mass is 10.0. The fourth-order valence-corrected chi connectivity index (χ4v) is 4.10. The summed E-state index contributed by atoms with van der Waals surface area (Å²) >= 11 is 7.37. The van der Waals surface area contributed by atoms with Gasteiger partial charge in [0, 0.05) is 12.1 Å². The van der Waals surface area contributed by atoms with Crippen LogP contribution in [-0.2, 0) is 11.3 Å². The smallest absolute Gasteiger partial charge is 0.251 e. The quantitative estimate of drug-likeness (QED) is 0.314. The summed E-state index contributed by atoms with van der Waals surface area (Å²) in [5.41, 5.74) is 1.13. The average Bonchev–Trinajstić information content (AvgIpc) is 3.20. The number of aromatic nitrogens is 3. The fraction of sp³-hybridized carbons (Fsp3) is 0.250. The molecule has 0 fully saturated rings. The average molecular weight is 484 g/mol. The highest BCUT2D eigenvalue weighted by Gasteiger charge is 2.26. The molecular formula is C24H26ClN5O2S. The van der Waals surface area contributed by atoms with Gasteiger partial charge in [-0.15, -0.1) is 16.8 Å². The van der Waals surface area contributed by atoms with Crippen LogP contribution in [0.25, 0.3) is 0 Å². The molecular weight excluding hydrogens is 458 g/mol. The molecule has 0 bridgehead atoms. The molecule has 0 aliphatic heterocycles. The Labute approximate surface area is 202 Å². The van der Waals surface area contributed by atoms with Gasteiger partial charge in [0.2, 0.25) is 5.91 Å². The van der Waals surface area contributed by atoms with E-state index in [4.69, 9.17) is 11.6 Å². The number of halogens is 1. The normalized spacial score (nSPS) is 11.8. The molecule has 0 saturated heterocycles. The molecule has 9 heteroatoms. The Morgan fingerprint density at radius 2 is 1.82 bits per heavy atom. The van der Waals surface area contributed by atoms with Gasteiger partial charge >= 0.3 is 0 Å². The van der Waals surface area contributed by atoms with Crippen LogP contribution >= 0.6 is 23.4 Å². The van der Waals surface area contributed by atoms with Crippen LogP contribution in [-0.4, -0.2) is 32.3 Å². The third-order valence-corrected chi connectivity index (χ3v) is 6.10. The molecule has 0 aliphatic rings. The van der Waals surface area contributed by atoms with Gasteiger partial charge in [-0.2, -0.15) is 0 Å². The Morgan fingerprint density at radius 1 is 1.12 bits per heavy atom. The predicted molar refractivity (Wildman–Crippen MR) is 133 cm³/mol. The number of carbonyl (C=O) groups excluding carboxylic acids is 2. The number of carbonyl (C=O) groups is 2. The summed E-state index contributed by atoms with van der Waals surface area (Å²) in [5, 5.41) is 15.5. The van der Waals surface area contributed by atoms with Crippen LogP contribution in [0, 0.1) is 5.92 Å². The van der Waals surface area contributed by atoms with E-state index < -0.39 is 0 Å². The highest BCUT2D eigenvalue weighted by molar-refractivity contribution is 7.99. The molecule has 2 amide bonds. The van der Waals surface area contributed by atoms with Crippen LogP contribution in [0.4, 0.5) is 5.69 Å². The number of anilines is 1. The Balaban J connectivity index is 1.75. The molecule has 0 unspecified atom stereocenters. The van der Waals surface area contributed by atoms with Gasteiger partial charge in [-0.1, -0.05) is 73.6 Å². The number of hydrogen-bond acceptors (Lipinski definition) is 5. The van der Waals surface area contributed by atoms with Crippen LogP contribution in [0.5, 0.6) is 0 Å². The molecule has 0 saturated carbocycles. The molecule has 2 N–H and O–H groups in total. The summed E-state index contributed by atoms with van der Waals surface area (Å²) in [4.78, 5) is 25.2. The maximum atomic E-state index is 12.8. The van der Waals surface area contributed by atoms with Crippen LogP contribution in [0.2, 0.25) is 5.02 Å². The van der Waals surface area contributed by atoms with E-state index in [1.807, 2.05) is 36.6 Å². The molecule has 0 aliphatic carbocycles. The number of allylic oxidation sites excluding steroid dienone is 1. The number of para-hydroxylation sites is 1. The monoisotopic (exact) mass is 483 g/mol. The lowest BCUT2D eigenvalue weighted by Gasteiger charge is -2.22. The summed E-state index contributed by atoms with van der Waals surface area (Å²) < 4.78 is 1.87. The molecule has 7 nitrogen and oxygen atoms in total. The minimum absolute atomic E-state index is 0.0619. The van der Waals surface area contributed by atoms with Crippen LogP contribution in [0.1, 0.15) is 36.1 Å². The summed E-state index contributed by atoms with van der Waals surface area (Å²) in [7, 11) is 0. The summed E-state index contributed by atoms with van der Waals surface area (Å²) in [5.74, 6) is 0.412. The highest BCUT2D eigenvalue weighted by atomic mass is 35.5. The summed E-state index contributed by atoms with van der Waals surface area (Å²) in [6.07, 6.45) is 1.73. The van der Waals surface area contributed by atoms with E-state index in [2.05, 4.69) is 27.4 Å². The van der Waals surface area contributed by atoms with E-state index in [0.717, 1.165) is 0 Å². The van der Waals surface area contributed by atoms with Crippen molar-refractivity contribution < 1.29 is 9.59 Å². The SMILES string of the molecule is C=CCn1c(SCC(=O)Nc2ccccc2Cl)nnc1[C@H](NC(=O)c1ccccc1)C(C)C. The number of nitrogens with zero attached hydrogens (tertiary/aromatic N) is 3. The second-order valence-electron chi connectivity index (χ2n) is 7.62. The van der Waals surface area contributed by atoms with Crippen molar-refractivity contribution in [3.8, 4) is 0 Å².